The van der Waals surface area contributed by atoms with Crippen molar-refractivity contribution in [3.8, 4) is 0 Å². The number of benzene rings is 5. The highest BCUT2D eigenvalue weighted by atomic mass is 16.2. The van der Waals surface area contributed by atoms with Gasteiger partial charge in [-0.15, -0.1) is 0 Å². The van der Waals surface area contributed by atoms with Crippen LogP contribution >= 0.6 is 0 Å². The summed E-state index contributed by atoms with van der Waals surface area (Å²) < 4.78 is 0. The first-order chi connectivity index (χ1) is 14.2. The van der Waals surface area contributed by atoms with Gasteiger partial charge in [0, 0.05) is 10.8 Å². The lowest BCUT2D eigenvalue weighted by Gasteiger charge is -2.13. The van der Waals surface area contributed by atoms with Gasteiger partial charge < -0.3 is 0 Å². The molecule has 7 rings (SSSR count). The summed E-state index contributed by atoms with van der Waals surface area (Å²) in [6.07, 6.45) is 0. The first-order valence-corrected chi connectivity index (χ1v) is 9.36. The molecule has 2 aromatic heterocycles. The number of rotatable bonds is 0. The summed E-state index contributed by atoms with van der Waals surface area (Å²) in [6, 6.07) is 20.0. The predicted octanol–water partition coefficient (Wildman–Crippen LogP) is 4.32. The van der Waals surface area contributed by atoms with Gasteiger partial charge in [0.2, 0.25) is 0 Å². The third-order valence-corrected chi connectivity index (χ3v) is 5.92. The zero-order chi connectivity index (χ0) is 19.3. The largest absolute Gasteiger partial charge is 0.288 e. The first kappa shape index (κ1) is 14.9. The van der Waals surface area contributed by atoms with Gasteiger partial charge in [-0.25, -0.2) is 9.97 Å². The molecule has 0 saturated carbocycles. The van der Waals surface area contributed by atoms with E-state index in [1.54, 1.807) is 12.1 Å². The van der Waals surface area contributed by atoms with Gasteiger partial charge in [-0.3, -0.25) is 14.6 Å². The average molecular weight is 373 g/mol. The van der Waals surface area contributed by atoms with Gasteiger partial charge in [-0.1, -0.05) is 48.5 Å². The summed E-state index contributed by atoms with van der Waals surface area (Å²) in [5.74, 6) is 0. The molecular weight excluding hydrogens is 362 g/mol. The van der Waals surface area contributed by atoms with E-state index >= 15 is 0 Å². The van der Waals surface area contributed by atoms with E-state index in [9.17, 15) is 9.59 Å². The van der Waals surface area contributed by atoms with Crippen molar-refractivity contribution in [2.45, 2.75) is 0 Å². The van der Waals surface area contributed by atoms with Crippen LogP contribution in [-0.2, 0) is 0 Å². The molecule has 0 aliphatic heterocycles. The maximum Gasteiger partial charge on any atom is 0.259 e. The van der Waals surface area contributed by atoms with Gasteiger partial charge >= 0.3 is 0 Å². The predicted molar refractivity (Wildman–Crippen MR) is 116 cm³/mol. The minimum absolute atomic E-state index is 0.355. The number of nitrogens with one attached hydrogen (secondary N) is 1. The molecule has 0 unspecified atom stereocenters. The molecule has 2 heterocycles. The normalized spacial score (nSPS) is 12.4. The molecule has 29 heavy (non-hydrogen) atoms. The summed E-state index contributed by atoms with van der Waals surface area (Å²) in [4.78, 5) is 36.3. The van der Waals surface area contributed by atoms with E-state index in [1.165, 1.54) is 10.8 Å². The number of aromatic amines is 1. The second-order valence-electron chi connectivity index (χ2n) is 7.46. The van der Waals surface area contributed by atoms with Gasteiger partial charge in [0.25, 0.3) is 11.1 Å². The van der Waals surface area contributed by atoms with Crippen LogP contribution in [0.1, 0.15) is 0 Å². The fraction of sp³-hybridized carbons (Fsp3) is 0. The van der Waals surface area contributed by atoms with Crippen LogP contribution in [0.3, 0.4) is 0 Å². The quantitative estimate of drug-likeness (QED) is 0.317. The number of fused-ring (bicyclic) bond motifs is 5. The SMILES string of the molecule is O=c1[nH]c(=O)c2cc3nc4c5cccc6ccc7cccc(c4nc3cc12)c7c65. The molecule has 0 atom stereocenters. The van der Waals surface area contributed by atoms with Crippen molar-refractivity contribution >= 4 is 65.2 Å². The Hall–Kier alpha value is -4.12. The molecule has 5 aromatic carbocycles. The van der Waals surface area contributed by atoms with Gasteiger partial charge in [-0.05, 0) is 33.7 Å². The molecule has 0 aliphatic rings. The van der Waals surface area contributed by atoms with E-state index in [2.05, 4.69) is 41.4 Å². The first-order valence-electron chi connectivity index (χ1n) is 9.36. The summed E-state index contributed by atoms with van der Waals surface area (Å²) in [5.41, 5.74) is 2.05. The molecule has 7 aromatic rings. The van der Waals surface area contributed by atoms with Gasteiger partial charge in [0.15, 0.2) is 0 Å². The summed E-state index contributed by atoms with van der Waals surface area (Å²) in [7, 11) is 0. The molecule has 5 heteroatoms. The van der Waals surface area contributed by atoms with Crippen LogP contribution in [0.2, 0.25) is 0 Å². The third kappa shape index (κ3) is 1.75. The Morgan fingerprint density at radius 3 is 1.55 bits per heavy atom. The Balaban J connectivity index is 1.82. The zero-order valence-electron chi connectivity index (χ0n) is 15.0. The van der Waals surface area contributed by atoms with Crippen LogP contribution in [0.15, 0.2) is 70.3 Å². The summed E-state index contributed by atoms with van der Waals surface area (Å²) in [5, 5.41) is 7.46. The number of H-pyrrole nitrogens is 1. The lowest BCUT2D eigenvalue weighted by Crippen LogP contribution is -2.05. The molecule has 0 fully saturated rings. The number of aromatic nitrogens is 3. The molecule has 0 radical (unpaired) electrons. The van der Waals surface area contributed by atoms with Crippen LogP contribution in [0.4, 0.5) is 0 Å². The molecule has 0 bridgehead atoms. The van der Waals surface area contributed by atoms with Crippen molar-refractivity contribution in [2.24, 2.45) is 0 Å². The fourth-order valence-electron chi connectivity index (χ4n) is 4.64. The second-order valence-corrected chi connectivity index (χ2v) is 7.46. The Kier molecular flexibility index (Phi) is 2.48. The average Bonchev–Trinajstić information content (AvgIpc) is 3.02. The molecule has 0 saturated heterocycles. The Bertz CT molecular complexity index is 1770. The van der Waals surface area contributed by atoms with Crippen LogP contribution in [0.5, 0.6) is 0 Å². The monoisotopic (exact) mass is 373 g/mol. The topological polar surface area (TPSA) is 75.7 Å². The standard InChI is InChI=1S/C24H11N3O2/c28-23-15-9-17-18(10-16(15)24(29)27-23)26-22-14-6-2-4-12-8-7-11-3-1-5-13(21(22)25-17)19(11)20(12)14/h1-10H,(H,27,28,29). The Morgan fingerprint density at radius 2 is 1.07 bits per heavy atom. The number of hydrogen-bond acceptors (Lipinski definition) is 4. The molecule has 0 aliphatic carbocycles. The molecule has 0 amide bonds. The van der Waals surface area contributed by atoms with E-state index in [0.717, 1.165) is 32.6 Å². The second kappa shape index (κ2) is 4.83. The molecule has 0 spiro atoms. The van der Waals surface area contributed by atoms with Crippen molar-refractivity contribution in [1.29, 1.82) is 0 Å². The van der Waals surface area contributed by atoms with E-state index in [1.807, 2.05) is 12.1 Å². The third-order valence-electron chi connectivity index (χ3n) is 5.92. The van der Waals surface area contributed by atoms with Crippen LogP contribution in [-0.4, -0.2) is 15.0 Å². The lowest BCUT2D eigenvalue weighted by atomic mass is 9.93. The lowest BCUT2D eigenvalue weighted by molar-refractivity contribution is 1.26. The van der Waals surface area contributed by atoms with Gasteiger partial charge in [0.1, 0.15) is 0 Å². The number of hydrogen-bond donors (Lipinski definition) is 1. The van der Waals surface area contributed by atoms with Crippen molar-refractivity contribution < 1.29 is 0 Å². The zero-order valence-corrected chi connectivity index (χ0v) is 15.0. The van der Waals surface area contributed by atoms with Crippen LogP contribution < -0.4 is 11.1 Å². The van der Waals surface area contributed by atoms with Crippen molar-refractivity contribution in [3.05, 3.63) is 81.4 Å². The molecular formula is C24H11N3O2. The number of nitrogens with zero attached hydrogens (tertiary/aromatic N) is 2. The van der Waals surface area contributed by atoms with Crippen molar-refractivity contribution in [1.82, 2.24) is 15.0 Å². The fourth-order valence-corrected chi connectivity index (χ4v) is 4.64. The molecule has 134 valence electrons. The minimum Gasteiger partial charge on any atom is -0.288 e. The summed E-state index contributed by atoms with van der Waals surface area (Å²) in [6.45, 7) is 0. The smallest absolute Gasteiger partial charge is 0.259 e. The highest BCUT2D eigenvalue weighted by Gasteiger charge is 2.16. The van der Waals surface area contributed by atoms with E-state index in [0.29, 0.717) is 21.8 Å². The van der Waals surface area contributed by atoms with E-state index in [4.69, 9.17) is 9.97 Å². The van der Waals surface area contributed by atoms with Crippen LogP contribution in [0.25, 0.3) is 65.2 Å². The maximum atomic E-state index is 12.1. The highest BCUT2D eigenvalue weighted by Crippen LogP contribution is 2.39. The Morgan fingerprint density at radius 1 is 0.586 bits per heavy atom. The van der Waals surface area contributed by atoms with Gasteiger partial charge in [-0.2, -0.15) is 0 Å². The molecule has 5 nitrogen and oxygen atoms in total. The van der Waals surface area contributed by atoms with Gasteiger partial charge in [0.05, 0.1) is 32.8 Å². The highest BCUT2D eigenvalue weighted by molar-refractivity contribution is 6.32. The molecule has 1 N–H and O–H groups in total. The van der Waals surface area contributed by atoms with Crippen LogP contribution in [0, 0.1) is 0 Å². The minimum atomic E-state index is -0.386. The summed E-state index contributed by atoms with van der Waals surface area (Å²) >= 11 is 0. The van der Waals surface area contributed by atoms with E-state index in [-0.39, 0.29) is 11.1 Å². The maximum absolute atomic E-state index is 12.1. The van der Waals surface area contributed by atoms with Crippen molar-refractivity contribution in [3.63, 3.8) is 0 Å². The van der Waals surface area contributed by atoms with Crippen molar-refractivity contribution in [2.75, 3.05) is 0 Å². The Labute approximate surface area is 161 Å². The van der Waals surface area contributed by atoms with E-state index < -0.39 is 0 Å².